The first kappa shape index (κ1) is 14.7. The van der Waals surface area contributed by atoms with E-state index in [1.165, 1.54) is 17.0 Å². The van der Waals surface area contributed by atoms with Crippen molar-refractivity contribution >= 4 is 5.90 Å². The van der Waals surface area contributed by atoms with Crippen molar-refractivity contribution in [3.63, 3.8) is 0 Å². The number of benzene rings is 3. The van der Waals surface area contributed by atoms with Crippen LogP contribution in [-0.4, -0.2) is 18.5 Å². The van der Waals surface area contributed by atoms with Gasteiger partial charge >= 0.3 is 0 Å². The largest absolute Gasteiger partial charge is 0.475 e. The van der Waals surface area contributed by atoms with Gasteiger partial charge in [0.1, 0.15) is 12.6 Å². The van der Waals surface area contributed by atoms with Crippen LogP contribution < -0.4 is 0 Å². The maximum absolute atomic E-state index is 5.90. The third kappa shape index (κ3) is 2.95. The summed E-state index contributed by atoms with van der Waals surface area (Å²) in [4.78, 5) is 4.87. The van der Waals surface area contributed by atoms with Crippen molar-refractivity contribution < 1.29 is 4.74 Å². The number of aliphatic imine (C=N–C) groups is 1. The fraction of sp³-hybridized carbons (Fsp3) is 0.0909. The molecule has 0 fully saturated rings. The first-order valence-electron chi connectivity index (χ1n) is 8.15. The maximum atomic E-state index is 5.90. The van der Waals surface area contributed by atoms with Gasteiger partial charge in [-0.1, -0.05) is 78.9 Å². The average molecular weight is 312 g/mol. The molecular weight excluding hydrogens is 294 g/mol. The molecule has 0 bridgehead atoms. The van der Waals surface area contributed by atoms with Gasteiger partial charge in [0.15, 0.2) is 0 Å². The predicted molar refractivity (Wildman–Crippen MR) is 97.1 cm³/mol. The zero-order chi connectivity index (χ0) is 16.2. The summed E-state index contributed by atoms with van der Waals surface area (Å²) in [5.41, 5.74) is 3.41. The molecule has 1 aliphatic rings. The molecule has 0 amide bonds. The van der Waals surface area contributed by atoms with Gasteiger partial charge < -0.3 is 4.74 Å². The van der Waals surface area contributed by atoms with Gasteiger partial charge in [0, 0.05) is 5.56 Å². The lowest BCUT2D eigenvalue weighted by molar-refractivity contribution is 0.324. The van der Waals surface area contributed by atoms with E-state index in [2.05, 4.69) is 48.5 Å². The third-order valence-corrected chi connectivity index (χ3v) is 4.17. The molecule has 1 atom stereocenters. The summed E-state index contributed by atoms with van der Waals surface area (Å²) < 4.78 is 5.90. The number of rotatable bonds is 4. The van der Waals surface area contributed by atoms with Gasteiger partial charge in [-0.3, -0.25) is 0 Å². The molecule has 4 rings (SSSR count). The van der Waals surface area contributed by atoms with Gasteiger partial charge in [-0.2, -0.15) is 0 Å². The zero-order valence-corrected chi connectivity index (χ0v) is 13.3. The summed E-state index contributed by atoms with van der Waals surface area (Å²) in [7, 11) is 0. The number of hydrogen-bond acceptors (Lipinski definition) is 2. The highest BCUT2D eigenvalue weighted by Gasteiger charge is 2.31. The fourth-order valence-electron chi connectivity index (χ4n) is 3.05. The standard InChI is InChI=1S/C22H18NO/c1-4-10-17(11-5-1)21(18-12-6-2-7-13-18)20-16-24-22(23-20)19-14-8-3-9-15-19/h1-15,20H,16H2/t20-/m1/s1. The molecule has 24 heavy (non-hydrogen) atoms. The Kier molecular flexibility index (Phi) is 4.11. The number of hydrogen-bond donors (Lipinski definition) is 0. The van der Waals surface area contributed by atoms with Gasteiger partial charge in [0.2, 0.25) is 5.90 Å². The van der Waals surface area contributed by atoms with Gasteiger partial charge in [0.25, 0.3) is 0 Å². The minimum atomic E-state index is 0.00464. The monoisotopic (exact) mass is 312 g/mol. The SMILES string of the molecule is c1ccc([C](c2ccccc2)[C@H]2COC(c3ccccc3)=N2)cc1. The van der Waals surface area contributed by atoms with Crippen LogP contribution in [0, 0.1) is 5.92 Å². The third-order valence-electron chi connectivity index (χ3n) is 4.17. The van der Waals surface area contributed by atoms with Crippen LogP contribution in [0.1, 0.15) is 16.7 Å². The van der Waals surface area contributed by atoms with Crippen molar-refractivity contribution in [3.05, 3.63) is 114 Å². The molecule has 2 heteroatoms. The second-order valence-electron chi connectivity index (χ2n) is 5.77. The molecule has 2 nitrogen and oxygen atoms in total. The van der Waals surface area contributed by atoms with Gasteiger partial charge in [-0.25, -0.2) is 4.99 Å². The first-order chi connectivity index (χ1) is 11.9. The van der Waals surface area contributed by atoms with E-state index in [1.807, 2.05) is 42.5 Å². The Balaban J connectivity index is 1.71. The van der Waals surface area contributed by atoms with E-state index in [9.17, 15) is 0 Å². The van der Waals surface area contributed by atoms with Crippen LogP contribution in [0.3, 0.4) is 0 Å². The first-order valence-corrected chi connectivity index (χ1v) is 8.15. The quantitative estimate of drug-likeness (QED) is 0.695. The van der Waals surface area contributed by atoms with Crippen LogP contribution in [0.2, 0.25) is 0 Å². The Morgan fingerprint density at radius 3 is 1.75 bits per heavy atom. The highest BCUT2D eigenvalue weighted by atomic mass is 16.5. The number of nitrogens with zero attached hydrogens (tertiary/aromatic N) is 1. The highest BCUT2D eigenvalue weighted by Crippen LogP contribution is 2.31. The predicted octanol–water partition coefficient (Wildman–Crippen LogP) is 4.50. The fourth-order valence-corrected chi connectivity index (χ4v) is 3.05. The Morgan fingerprint density at radius 1 is 0.708 bits per heavy atom. The molecule has 0 N–H and O–H groups in total. The molecular formula is C22H18NO. The van der Waals surface area contributed by atoms with Crippen molar-refractivity contribution in [2.75, 3.05) is 6.61 Å². The lowest BCUT2D eigenvalue weighted by Crippen LogP contribution is -2.20. The molecule has 1 heterocycles. The van der Waals surface area contributed by atoms with Crippen molar-refractivity contribution in [1.29, 1.82) is 0 Å². The molecule has 0 spiro atoms. The molecule has 1 radical (unpaired) electrons. The molecule has 0 unspecified atom stereocenters. The molecule has 0 saturated heterocycles. The van der Waals surface area contributed by atoms with Crippen molar-refractivity contribution in [2.45, 2.75) is 6.04 Å². The van der Waals surface area contributed by atoms with E-state index >= 15 is 0 Å². The summed E-state index contributed by atoms with van der Waals surface area (Å²) in [5, 5.41) is 0. The summed E-state index contributed by atoms with van der Waals surface area (Å²) in [6.45, 7) is 0.573. The molecule has 3 aromatic carbocycles. The topological polar surface area (TPSA) is 21.6 Å². The van der Waals surface area contributed by atoms with E-state index in [4.69, 9.17) is 9.73 Å². The lowest BCUT2D eigenvalue weighted by Gasteiger charge is -2.20. The van der Waals surface area contributed by atoms with Crippen molar-refractivity contribution in [3.8, 4) is 0 Å². The Labute approximate surface area is 142 Å². The summed E-state index contributed by atoms with van der Waals surface area (Å²) in [6.07, 6.45) is 0. The van der Waals surface area contributed by atoms with Crippen LogP contribution in [0.4, 0.5) is 0 Å². The maximum Gasteiger partial charge on any atom is 0.216 e. The van der Waals surface area contributed by atoms with Crippen molar-refractivity contribution in [1.82, 2.24) is 0 Å². The van der Waals surface area contributed by atoms with Crippen LogP contribution in [0.15, 0.2) is 96.0 Å². The Hall–Kier alpha value is -2.87. The second kappa shape index (κ2) is 6.71. The molecule has 0 aromatic heterocycles. The van der Waals surface area contributed by atoms with Gasteiger partial charge in [0.05, 0.1) is 5.92 Å². The van der Waals surface area contributed by atoms with Gasteiger partial charge in [-0.05, 0) is 23.3 Å². The molecule has 3 aromatic rings. The van der Waals surface area contributed by atoms with E-state index in [0.717, 1.165) is 11.5 Å². The van der Waals surface area contributed by atoms with Gasteiger partial charge in [-0.15, -0.1) is 0 Å². The van der Waals surface area contributed by atoms with E-state index in [1.54, 1.807) is 0 Å². The zero-order valence-electron chi connectivity index (χ0n) is 13.3. The van der Waals surface area contributed by atoms with Crippen LogP contribution in [0.5, 0.6) is 0 Å². The second-order valence-corrected chi connectivity index (χ2v) is 5.77. The molecule has 117 valence electrons. The molecule has 0 aliphatic carbocycles. The Bertz CT molecular complexity index is 773. The molecule has 1 aliphatic heterocycles. The van der Waals surface area contributed by atoms with Crippen LogP contribution >= 0.6 is 0 Å². The summed E-state index contributed by atoms with van der Waals surface area (Å²) in [5.74, 6) is 1.94. The summed E-state index contributed by atoms with van der Waals surface area (Å²) in [6, 6.07) is 31.0. The number of ether oxygens (including phenoxy) is 1. The van der Waals surface area contributed by atoms with E-state index in [0.29, 0.717) is 6.61 Å². The minimum absolute atomic E-state index is 0.00464. The normalized spacial score (nSPS) is 16.7. The van der Waals surface area contributed by atoms with Crippen LogP contribution in [-0.2, 0) is 4.74 Å². The molecule has 0 saturated carbocycles. The smallest absolute Gasteiger partial charge is 0.216 e. The highest BCUT2D eigenvalue weighted by molar-refractivity contribution is 5.95. The van der Waals surface area contributed by atoms with E-state index in [-0.39, 0.29) is 6.04 Å². The minimum Gasteiger partial charge on any atom is -0.475 e. The Morgan fingerprint density at radius 2 is 1.21 bits per heavy atom. The van der Waals surface area contributed by atoms with Crippen LogP contribution in [0.25, 0.3) is 0 Å². The van der Waals surface area contributed by atoms with E-state index < -0.39 is 0 Å². The summed E-state index contributed by atoms with van der Waals surface area (Å²) >= 11 is 0. The van der Waals surface area contributed by atoms with Crippen molar-refractivity contribution in [2.24, 2.45) is 4.99 Å². The lowest BCUT2D eigenvalue weighted by atomic mass is 9.86. The average Bonchev–Trinajstić information content (AvgIpc) is 3.14.